The molecule has 2 aromatic rings. The van der Waals surface area contributed by atoms with E-state index >= 15 is 0 Å². The second-order valence-corrected chi connectivity index (χ2v) is 6.52. The van der Waals surface area contributed by atoms with Crippen LogP contribution in [0.4, 0.5) is 0 Å². The summed E-state index contributed by atoms with van der Waals surface area (Å²) >= 11 is 0. The molecule has 118 valence electrons. The first-order valence-electron chi connectivity index (χ1n) is 7.80. The van der Waals surface area contributed by atoms with Crippen LogP contribution < -0.4 is 5.56 Å². The van der Waals surface area contributed by atoms with Crippen LogP contribution in [-0.2, 0) is 17.8 Å². The number of hydrogen-bond acceptors (Lipinski definition) is 3. The van der Waals surface area contributed by atoms with Crippen LogP contribution in [0.3, 0.4) is 0 Å². The summed E-state index contributed by atoms with van der Waals surface area (Å²) in [4.78, 5) is 23.3. The molecular formula is C16H21N3O3. The van der Waals surface area contributed by atoms with E-state index in [1.807, 2.05) is 10.6 Å². The van der Waals surface area contributed by atoms with E-state index < -0.39 is 5.97 Å². The highest BCUT2D eigenvalue weighted by molar-refractivity contribution is 5.70. The van der Waals surface area contributed by atoms with Gasteiger partial charge in [-0.2, -0.15) is 9.61 Å². The summed E-state index contributed by atoms with van der Waals surface area (Å²) in [5.41, 5.74) is 1.95. The van der Waals surface area contributed by atoms with Gasteiger partial charge in [-0.05, 0) is 18.8 Å². The van der Waals surface area contributed by atoms with Crippen molar-refractivity contribution in [3.8, 4) is 0 Å². The molecule has 0 amide bonds. The van der Waals surface area contributed by atoms with Crippen LogP contribution in [0.1, 0.15) is 50.4 Å². The lowest BCUT2D eigenvalue weighted by molar-refractivity contribution is -0.136. The van der Waals surface area contributed by atoms with E-state index in [1.54, 1.807) is 0 Å². The topological polar surface area (TPSA) is 76.6 Å². The highest BCUT2D eigenvalue weighted by Gasteiger charge is 2.24. The van der Waals surface area contributed by atoms with Gasteiger partial charge in [-0.3, -0.25) is 9.59 Å². The van der Waals surface area contributed by atoms with Crippen molar-refractivity contribution in [1.82, 2.24) is 14.2 Å². The third-order valence-corrected chi connectivity index (χ3v) is 4.24. The number of nitrogens with zero attached hydrogens (tertiary/aromatic N) is 3. The summed E-state index contributed by atoms with van der Waals surface area (Å²) in [6, 6.07) is 3.36. The highest BCUT2D eigenvalue weighted by atomic mass is 16.4. The number of carboxylic acids is 1. The van der Waals surface area contributed by atoms with Crippen LogP contribution in [0.15, 0.2) is 16.9 Å². The number of aromatic nitrogens is 3. The average Bonchev–Trinajstić information content (AvgIpc) is 2.76. The first-order valence-corrected chi connectivity index (χ1v) is 7.80. The molecule has 1 aliphatic rings. The van der Waals surface area contributed by atoms with Crippen molar-refractivity contribution in [2.45, 2.75) is 52.0 Å². The Balaban J connectivity index is 2.17. The van der Waals surface area contributed by atoms with Gasteiger partial charge in [0.05, 0.1) is 12.1 Å². The SMILES string of the molecule is CC(C)Cn1c(CC(=O)O)cc(=O)n2nc(C3CCC3)cc12. The normalized spacial score (nSPS) is 15.4. The maximum atomic E-state index is 12.3. The monoisotopic (exact) mass is 303 g/mol. The fourth-order valence-corrected chi connectivity index (χ4v) is 2.95. The lowest BCUT2D eigenvalue weighted by Gasteiger charge is -2.22. The van der Waals surface area contributed by atoms with Crippen molar-refractivity contribution in [2.24, 2.45) is 5.92 Å². The molecule has 0 radical (unpaired) electrons. The van der Waals surface area contributed by atoms with Crippen LogP contribution >= 0.6 is 0 Å². The molecule has 0 aliphatic heterocycles. The molecule has 0 saturated heterocycles. The van der Waals surface area contributed by atoms with E-state index in [9.17, 15) is 9.59 Å². The van der Waals surface area contributed by atoms with Crippen molar-refractivity contribution in [3.05, 3.63) is 33.9 Å². The summed E-state index contributed by atoms with van der Waals surface area (Å²) < 4.78 is 3.34. The lowest BCUT2D eigenvalue weighted by atomic mass is 9.83. The summed E-state index contributed by atoms with van der Waals surface area (Å²) in [7, 11) is 0. The van der Waals surface area contributed by atoms with Gasteiger partial charge < -0.3 is 9.67 Å². The first kappa shape index (κ1) is 14.8. The van der Waals surface area contributed by atoms with E-state index in [1.165, 1.54) is 17.0 Å². The Hall–Kier alpha value is -2.11. The van der Waals surface area contributed by atoms with E-state index in [0.717, 1.165) is 18.5 Å². The quantitative estimate of drug-likeness (QED) is 0.917. The van der Waals surface area contributed by atoms with E-state index in [-0.39, 0.29) is 12.0 Å². The first-order chi connectivity index (χ1) is 10.5. The standard InChI is InChI=1S/C16H21N3O3/c1-10(2)9-18-12(7-16(21)22)6-15(20)19-14(18)8-13(17-19)11-4-3-5-11/h6,8,10-11H,3-5,7,9H2,1-2H3,(H,21,22). The Bertz CT molecular complexity index is 769. The van der Waals surface area contributed by atoms with Gasteiger partial charge in [0, 0.05) is 30.3 Å². The summed E-state index contributed by atoms with van der Waals surface area (Å²) in [6.45, 7) is 4.81. The highest BCUT2D eigenvalue weighted by Crippen LogP contribution is 2.35. The Kier molecular flexibility index (Phi) is 3.76. The van der Waals surface area contributed by atoms with Crippen molar-refractivity contribution in [1.29, 1.82) is 0 Å². The fourth-order valence-electron chi connectivity index (χ4n) is 2.95. The van der Waals surface area contributed by atoms with Crippen molar-refractivity contribution in [3.63, 3.8) is 0 Å². The van der Waals surface area contributed by atoms with Gasteiger partial charge in [0.25, 0.3) is 5.56 Å². The smallest absolute Gasteiger partial charge is 0.309 e. The zero-order chi connectivity index (χ0) is 15.9. The van der Waals surface area contributed by atoms with Gasteiger partial charge >= 0.3 is 5.97 Å². The van der Waals surface area contributed by atoms with Crippen LogP contribution in [0.5, 0.6) is 0 Å². The maximum Gasteiger partial charge on any atom is 0.309 e. The number of carbonyl (C=O) groups is 1. The van der Waals surface area contributed by atoms with Crippen molar-refractivity contribution < 1.29 is 9.90 Å². The van der Waals surface area contributed by atoms with Crippen molar-refractivity contribution in [2.75, 3.05) is 0 Å². The number of hydrogen-bond donors (Lipinski definition) is 1. The number of rotatable bonds is 5. The minimum Gasteiger partial charge on any atom is -0.481 e. The predicted octanol–water partition coefficient (Wildman–Crippen LogP) is 2.05. The Morgan fingerprint density at radius 3 is 2.68 bits per heavy atom. The lowest BCUT2D eigenvalue weighted by Crippen LogP contribution is -2.24. The molecule has 22 heavy (non-hydrogen) atoms. The number of aliphatic carboxylic acids is 1. The van der Waals surface area contributed by atoms with E-state index in [0.29, 0.717) is 29.7 Å². The predicted molar refractivity (Wildman–Crippen MR) is 82.2 cm³/mol. The molecule has 0 aromatic carbocycles. The molecular weight excluding hydrogens is 282 g/mol. The van der Waals surface area contributed by atoms with Gasteiger partial charge in [-0.15, -0.1) is 0 Å². The van der Waals surface area contributed by atoms with Gasteiger partial charge in [-0.1, -0.05) is 20.3 Å². The molecule has 3 rings (SSSR count). The van der Waals surface area contributed by atoms with Crippen LogP contribution in [0.2, 0.25) is 0 Å². The molecule has 1 fully saturated rings. The average molecular weight is 303 g/mol. The molecule has 0 unspecified atom stereocenters. The Labute approximate surface area is 128 Å². The van der Waals surface area contributed by atoms with Crippen LogP contribution in [0, 0.1) is 5.92 Å². The molecule has 1 aliphatic carbocycles. The molecule has 0 bridgehead atoms. The Morgan fingerprint density at radius 1 is 1.41 bits per heavy atom. The summed E-state index contributed by atoms with van der Waals surface area (Å²) in [5.74, 6) is -0.143. The largest absolute Gasteiger partial charge is 0.481 e. The fraction of sp³-hybridized carbons (Fsp3) is 0.562. The third kappa shape index (κ3) is 2.65. The Morgan fingerprint density at radius 2 is 2.14 bits per heavy atom. The molecule has 2 heterocycles. The second kappa shape index (κ2) is 5.59. The molecule has 6 heteroatoms. The third-order valence-electron chi connectivity index (χ3n) is 4.24. The van der Waals surface area contributed by atoms with Crippen molar-refractivity contribution >= 4 is 11.6 Å². The minimum atomic E-state index is -0.931. The minimum absolute atomic E-state index is 0.150. The summed E-state index contributed by atoms with van der Waals surface area (Å²) in [6.07, 6.45) is 3.29. The molecule has 1 saturated carbocycles. The molecule has 0 spiro atoms. The van der Waals surface area contributed by atoms with Gasteiger partial charge in [0.15, 0.2) is 0 Å². The molecule has 1 N–H and O–H groups in total. The number of carboxylic acid groups (broad SMARTS) is 1. The molecule has 6 nitrogen and oxygen atoms in total. The van der Waals surface area contributed by atoms with E-state index in [4.69, 9.17) is 5.11 Å². The molecule has 2 aromatic heterocycles. The van der Waals surface area contributed by atoms with Crippen LogP contribution in [-0.4, -0.2) is 25.3 Å². The van der Waals surface area contributed by atoms with Gasteiger partial charge in [0.2, 0.25) is 0 Å². The van der Waals surface area contributed by atoms with Gasteiger partial charge in [-0.25, -0.2) is 0 Å². The second-order valence-electron chi connectivity index (χ2n) is 6.52. The van der Waals surface area contributed by atoms with Gasteiger partial charge in [0.1, 0.15) is 5.65 Å². The zero-order valence-electron chi connectivity index (χ0n) is 13.0. The zero-order valence-corrected chi connectivity index (χ0v) is 13.0. The summed E-state index contributed by atoms with van der Waals surface area (Å²) in [5, 5.41) is 13.5. The maximum absolute atomic E-state index is 12.3. The number of fused-ring (bicyclic) bond motifs is 1. The molecule has 0 atom stereocenters. The van der Waals surface area contributed by atoms with E-state index in [2.05, 4.69) is 18.9 Å². The van der Waals surface area contributed by atoms with Crippen LogP contribution in [0.25, 0.3) is 5.65 Å².